The molecule has 4 nitrogen and oxygen atoms in total. The van der Waals surface area contributed by atoms with Crippen molar-refractivity contribution in [3.63, 3.8) is 0 Å². The molecule has 10 rings (SSSR count). The van der Waals surface area contributed by atoms with Crippen LogP contribution in [0.2, 0.25) is 0 Å². The summed E-state index contributed by atoms with van der Waals surface area (Å²) in [5, 5.41) is 13.8. The number of nitrogens with one attached hydrogen (secondary N) is 3. The van der Waals surface area contributed by atoms with E-state index in [9.17, 15) is 0 Å². The second-order valence-corrected chi connectivity index (χ2v) is 14.7. The molecule has 0 spiro atoms. The molecular formula is C48H39N3O. The van der Waals surface area contributed by atoms with Gasteiger partial charge in [-0.3, -0.25) is 16.0 Å². The molecule has 0 bridgehead atoms. The average Bonchev–Trinajstić information content (AvgIpc) is 3.69. The summed E-state index contributed by atoms with van der Waals surface area (Å²) >= 11 is 0. The summed E-state index contributed by atoms with van der Waals surface area (Å²) in [5.74, 6) is 0. The first-order valence-corrected chi connectivity index (χ1v) is 18.2. The fourth-order valence-corrected chi connectivity index (χ4v) is 8.45. The fraction of sp³-hybridized carbons (Fsp3) is 0.125. The van der Waals surface area contributed by atoms with Crippen LogP contribution in [0.5, 0.6) is 0 Å². The Labute approximate surface area is 304 Å². The number of benzene rings is 7. The first-order valence-electron chi connectivity index (χ1n) is 18.2. The molecule has 1 aromatic heterocycles. The van der Waals surface area contributed by atoms with Crippen molar-refractivity contribution < 1.29 is 4.42 Å². The van der Waals surface area contributed by atoms with Crippen molar-refractivity contribution in [2.75, 3.05) is 0 Å². The van der Waals surface area contributed by atoms with E-state index in [4.69, 9.17) is 4.42 Å². The molecule has 1 saturated heterocycles. The maximum absolute atomic E-state index is 6.49. The van der Waals surface area contributed by atoms with Gasteiger partial charge in [0.25, 0.3) is 0 Å². The predicted octanol–water partition coefficient (Wildman–Crippen LogP) is 11.4. The normalized spacial score (nSPS) is 19.1. The maximum Gasteiger partial charge on any atom is 0.143 e. The van der Waals surface area contributed by atoms with Crippen LogP contribution in [0, 0.1) is 0 Å². The van der Waals surface area contributed by atoms with Crippen molar-refractivity contribution >= 4 is 21.9 Å². The molecule has 4 heteroatoms. The lowest BCUT2D eigenvalue weighted by Gasteiger charge is -2.40. The van der Waals surface area contributed by atoms with Gasteiger partial charge in [-0.25, -0.2) is 0 Å². The summed E-state index contributed by atoms with van der Waals surface area (Å²) < 4.78 is 6.49. The van der Waals surface area contributed by atoms with Crippen LogP contribution in [0.15, 0.2) is 168 Å². The van der Waals surface area contributed by atoms with Gasteiger partial charge in [0.15, 0.2) is 0 Å². The van der Waals surface area contributed by atoms with Crippen molar-refractivity contribution in [3.8, 4) is 33.4 Å². The van der Waals surface area contributed by atoms with Gasteiger partial charge in [-0.2, -0.15) is 0 Å². The van der Waals surface area contributed by atoms with E-state index in [2.05, 4.69) is 194 Å². The highest BCUT2D eigenvalue weighted by Crippen LogP contribution is 2.50. The molecule has 0 radical (unpaired) electrons. The summed E-state index contributed by atoms with van der Waals surface area (Å²) in [7, 11) is 0. The minimum atomic E-state index is -0.168. The summed E-state index contributed by atoms with van der Waals surface area (Å²) in [6.07, 6.45) is -0.0578. The highest BCUT2D eigenvalue weighted by atomic mass is 16.3. The molecule has 1 aliphatic carbocycles. The molecule has 0 saturated carbocycles. The Morgan fingerprint density at radius 1 is 0.423 bits per heavy atom. The Bertz CT molecular complexity index is 2540. The summed E-state index contributed by atoms with van der Waals surface area (Å²) in [4.78, 5) is 0. The van der Waals surface area contributed by atoms with Gasteiger partial charge in [-0.05, 0) is 73.8 Å². The Morgan fingerprint density at radius 3 is 1.65 bits per heavy atom. The average molecular weight is 674 g/mol. The van der Waals surface area contributed by atoms with Crippen molar-refractivity contribution in [1.29, 1.82) is 0 Å². The molecular weight excluding hydrogens is 635 g/mol. The monoisotopic (exact) mass is 673 g/mol. The number of fused-ring (bicyclic) bond motifs is 6. The SMILES string of the molecule is CC1(C)c2cc(-c3ccc4oc5c(-c6ccccc6)cccc5c4c3)ccc2-c2ccc(C3NC(c4ccccc4)NC(c4ccccc4)N3)cc21. The molecule has 3 N–H and O–H groups in total. The van der Waals surface area contributed by atoms with E-state index in [0.717, 1.165) is 33.1 Å². The van der Waals surface area contributed by atoms with Crippen LogP contribution in [0.4, 0.5) is 0 Å². The van der Waals surface area contributed by atoms with Crippen molar-refractivity contribution in [2.24, 2.45) is 0 Å². The molecule has 8 aromatic rings. The van der Waals surface area contributed by atoms with Crippen LogP contribution >= 0.6 is 0 Å². The van der Waals surface area contributed by atoms with Crippen LogP contribution < -0.4 is 16.0 Å². The number of rotatable bonds is 5. The quantitative estimate of drug-likeness (QED) is 0.170. The van der Waals surface area contributed by atoms with Gasteiger partial charge >= 0.3 is 0 Å². The Morgan fingerprint density at radius 2 is 0.981 bits per heavy atom. The molecule has 2 aliphatic rings. The second-order valence-electron chi connectivity index (χ2n) is 14.7. The first-order chi connectivity index (χ1) is 25.5. The molecule has 0 amide bonds. The molecule has 1 fully saturated rings. The van der Waals surface area contributed by atoms with E-state index < -0.39 is 0 Å². The largest absolute Gasteiger partial charge is 0.455 e. The third-order valence-corrected chi connectivity index (χ3v) is 11.2. The van der Waals surface area contributed by atoms with E-state index in [1.165, 1.54) is 50.1 Å². The zero-order chi connectivity index (χ0) is 34.8. The second kappa shape index (κ2) is 12.2. The third kappa shape index (κ3) is 5.10. The topological polar surface area (TPSA) is 49.2 Å². The van der Waals surface area contributed by atoms with Crippen molar-refractivity contribution in [2.45, 2.75) is 37.8 Å². The Balaban J connectivity index is 0.996. The summed E-state index contributed by atoms with van der Waals surface area (Å²) in [6.45, 7) is 4.73. The highest BCUT2D eigenvalue weighted by molar-refractivity contribution is 6.10. The lowest BCUT2D eigenvalue weighted by Crippen LogP contribution is -2.54. The predicted molar refractivity (Wildman–Crippen MR) is 213 cm³/mol. The minimum Gasteiger partial charge on any atom is -0.455 e. The van der Waals surface area contributed by atoms with Gasteiger partial charge in [-0.15, -0.1) is 0 Å². The van der Waals surface area contributed by atoms with E-state index >= 15 is 0 Å². The number of para-hydroxylation sites is 1. The first kappa shape index (κ1) is 31.0. The van der Waals surface area contributed by atoms with Gasteiger partial charge in [0, 0.05) is 21.8 Å². The molecule has 252 valence electrons. The van der Waals surface area contributed by atoms with Crippen molar-refractivity contribution in [1.82, 2.24) is 16.0 Å². The van der Waals surface area contributed by atoms with Crippen LogP contribution in [0.3, 0.4) is 0 Å². The minimum absolute atomic E-state index is 0.00621. The summed E-state index contributed by atoms with van der Waals surface area (Å²) in [5.41, 5.74) is 15.4. The lowest BCUT2D eigenvalue weighted by molar-refractivity contribution is 0.203. The Kier molecular flexibility index (Phi) is 7.26. The van der Waals surface area contributed by atoms with Crippen LogP contribution in [0.1, 0.15) is 60.2 Å². The number of hydrogen-bond acceptors (Lipinski definition) is 4. The van der Waals surface area contributed by atoms with E-state index in [-0.39, 0.29) is 23.9 Å². The Hall–Kier alpha value is -5.78. The third-order valence-electron chi connectivity index (χ3n) is 11.2. The van der Waals surface area contributed by atoms with Gasteiger partial charge in [0.2, 0.25) is 0 Å². The van der Waals surface area contributed by atoms with Gasteiger partial charge in [-0.1, -0.05) is 159 Å². The molecule has 2 heterocycles. The van der Waals surface area contributed by atoms with Gasteiger partial charge < -0.3 is 4.42 Å². The zero-order valence-corrected chi connectivity index (χ0v) is 29.2. The van der Waals surface area contributed by atoms with E-state index in [1.54, 1.807) is 0 Å². The zero-order valence-electron chi connectivity index (χ0n) is 29.2. The molecule has 52 heavy (non-hydrogen) atoms. The highest BCUT2D eigenvalue weighted by Gasteiger charge is 2.37. The van der Waals surface area contributed by atoms with Crippen LogP contribution in [-0.2, 0) is 5.41 Å². The standard InChI is InChI=1S/C48H39N3O/c1-48(2)41-28-34(33-23-26-43-40(27-33)39-20-12-19-36(44(39)52-43)30-13-6-3-7-14-30)21-24-37(41)38-25-22-35(29-42(38)48)47-50-45(31-15-8-4-9-16-31)49-46(51-47)32-17-10-5-11-18-32/h3-29,45-47,49-51H,1-2H3. The van der Waals surface area contributed by atoms with Gasteiger partial charge in [0.1, 0.15) is 11.2 Å². The van der Waals surface area contributed by atoms with Crippen LogP contribution in [-0.4, -0.2) is 0 Å². The smallest absolute Gasteiger partial charge is 0.143 e. The molecule has 1 aliphatic heterocycles. The molecule has 2 atom stereocenters. The number of hydrogen-bond donors (Lipinski definition) is 3. The van der Waals surface area contributed by atoms with E-state index in [0.29, 0.717) is 0 Å². The molecule has 2 unspecified atom stereocenters. The molecule has 7 aromatic carbocycles. The van der Waals surface area contributed by atoms with E-state index in [1.807, 2.05) is 0 Å². The van der Waals surface area contributed by atoms with Crippen LogP contribution in [0.25, 0.3) is 55.3 Å². The summed E-state index contributed by atoms with van der Waals surface area (Å²) in [6, 6.07) is 58.9. The fourth-order valence-electron chi connectivity index (χ4n) is 8.45. The van der Waals surface area contributed by atoms with Crippen molar-refractivity contribution in [3.05, 3.63) is 192 Å². The number of furan rings is 1. The lowest BCUT2D eigenvalue weighted by atomic mass is 9.81. The van der Waals surface area contributed by atoms with Gasteiger partial charge in [0.05, 0.1) is 18.5 Å². The maximum atomic E-state index is 6.49.